The van der Waals surface area contributed by atoms with Crippen molar-refractivity contribution >= 4 is 0 Å². The molecule has 1 aliphatic rings. The Hall–Kier alpha value is -1.98. The van der Waals surface area contributed by atoms with E-state index in [1.165, 1.54) is 5.56 Å². The molecule has 2 heterocycles. The van der Waals surface area contributed by atoms with E-state index >= 15 is 0 Å². The highest BCUT2D eigenvalue weighted by atomic mass is 16.5. The van der Waals surface area contributed by atoms with E-state index < -0.39 is 0 Å². The third-order valence-corrected chi connectivity index (χ3v) is 4.56. The Bertz CT molecular complexity index is 734. The number of aromatic nitrogens is 2. The number of hydrogen-bond acceptors (Lipinski definition) is 4. The maximum atomic E-state index is 12.1. The van der Waals surface area contributed by atoms with Gasteiger partial charge in [0.2, 0.25) is 0 Å². The number of aromatic amines is 1. The van der Waals surface area contributed by atoms with E-state index in [9.17, 15) is 4.79 Å². The number of rotatable bonds is 6. The van der Waals surface area contributed by atoms with E-state index in [-0.39, 0.29) is 5.56 Å². The monoisotopic (exact) mass is 341 g/mol. The zero-order valence-electron chi connectivity index (χ0n) is 15.0. The molecule has 5 nitrogen and oxygen atoms in total. The van der Waals surface area contributed by atoms with E-state index in [1.807, 2.05) is 18.2 Å². The second kappa shape index (κ2) is 8.92. The summed E-state index contributed by atoms with van der Waals surface area (Å²) in [5.41, 5.74) is 3.01. The fraction of sp³-hybridized carbons (Fsp3) is 0.500. The molecule has 2 aromatic rings. The molecule has 0 bridgehead atoms. The standard InChI is InChI=1S/C20H27N3O2/c1-2-3-8-17-14-19(24)22-20(21-17)18-9-5-4-7-16(18)15-23-10-6-12-25-13-11-23/h4-5,7,9,14H,2-3,6,8,10-13,15H2,1H3,(H,21,22,24). The molecule has 3 rings (SSSR count). The van der Waals surface area contributed by atoms with Crippen molar-refractivity contribution in [1.29, 1.82) is 0 Å². The van der Waals surface area contributed by atoms with Crippen molar-refractivity contribution in [3.8, 4) is 11.4 Å². The van der Waals surface area contributed by atoms with Gasteiger partial charge in [-0.1, -0.05) is 37.6 Å². The Morgan fingerprint density at radius 1 is 1.24 bits per heavy atom. The lowest BCUT2D eigenvalue weighted by atomic mass is 10.1. The molecule has 1 saturated heterocycles. The fourth-order valence-corrected chi connectivity index (χ4v) is 3.21. The second-order valence-corrected chi connectivity index (χ2v) is 6.59. The highest BCUT2D eigenvalue weighted by Gasteiger charge is 2.14. The molecule has 5 heteroatoms. The van der Waals surface area contributed by atoms with Gasteiger partial charge in [-0.15, -0.1) is 0 Å². The summed E-state index contributed by atoms with van der Waals surface area (Å²) in [7, 11) is 0. The number of hydrogen-bond donors (Lipinski definition) is 1. The molecule has 1 fully saturated rings. The summed E-state index contributed by atoms with van der Waals surface area (Å²) in [6.45, 7) is 6.59. The summed E-state index contributed by atoms with van der Waals surface area (Å²) in [5.74, 6) is 0.681. The first-order valence-corrected chi connectivity index (χ1v) is 9.25. The van der Waals surface area contributed by atoms with Crippen LogP contribution in [0.25, 0.3) is 11.4 Å². The maximum absolute atomic E-state index is 12.1. The van der Waals surface area contributed by atoms with E-state index in [0.29, 0.717) is 5.82 Å². The van der Waals surface area contributed by atoms with E-state index in [1.54, 1.807) is 6.07 Å². The van der Waals surface area contributed by atoms with Crippen LogP contribution >= 0.6 is 0 Å². The van der Waals surface area contributed by atoms with Crippen LogP contribution in [0.3, 0.4) is 0 Å². The van der Waals surface area contributed by atoms with Crippen molar-refractivity contribution in [3.63, 3.8) is 0 Å². The third-order valence-electron chi connectivity index (χ3n) is 4.56. The van der Waals surface area contributed by atoms with Crippen LogP contribution in [0, 0.1) is 0 Å². The number of nitrogens with zero attached hydrogens (tertiary/aromatic N) is 2. The van der Waals surface area contributed by atoms with Gasteiger partial charge in [0.15, 0.2) is 0 Å². The summed E-state index contributed by atoms with van der Waals surface area (Å²) in [6.07, 6.45) is 4.05. The molecule has 0 radical (unpaired) electrons. The Morgan fingerprint density at radius 2 is 2.12 bits per heavy atom. The first kappa shape index (κ1) is 17.8. The minimum atomic E-state index is -0.0749. The number of nitrogens with one attached hydrogen (secondary N) is 1. The molecule has 25 heavy (non-hydrogen) atoms. The smallest absolute Gasteiger partial charge is 0.251 e. The minimum absolute atomic E-state index is 0.0749. The summed E-state index contributed by atoms with van der Waals surface area (Å²) in [5, 5.41) is 0. The summed E-state index contributed by atoms with van der Waals surface area (Å²) in [6, 6.07) is 9.84. The van der Waals surface area contributed by atoms with Crippen molar-refractivity contribution < 1.29 is 4.74 Å². The molecule has 1 aliphatic heterocycles. The minimum Gasteiger partial charge on any atom is -0.380 e. The molecule has 0 atom stereocenters. The molecule has 0 amide bonds. The van der Waals surface area contributed by atoms with Crippen LogP contribution in [0.1, 0.15) is 37.4 Å². The lowest BCUT2D eigenvalue weighted by Crippen LogP contribution is -2.26. The van der Waals surface area contributed by atoms with Crippen molar-refractivity contribution in [2.75, 3.05) is 26.3 Å². The van der Waals surface area contributed by atoms with Gasteiger partial charge in [-0.05, 0) is 24.8 Å². The highest BCUT2D eigenvalue weighted by Crippen LogP contribution is 2.22. The molecule has 0 saturated carbocycles. The zero-order chi connectivity index (χ0) is 17.5. The quantitative estimate of drug-likeness (QED) is 0.877. The van der Waals surface area contributed by atoms with E-state index in [2.05, 4.69) is 22.9 Å². The van der Waals surface area contributed by atoms with Crippen LogP contribution in [0.2, 0.25) is 0 Å². The second-order valence-electron chi connectivity index (χ2n) is 6.59. The van der Waals surface area contributed by atoms with Gasteiger partial charge in [0.1, 0.15) is 5.82 Å². The zero-order valence-corrected chi connectivity index (χ0v) is 15.0. The van der Waals surface area contributed by atoms with Crippen LogP contribution in [-0.2, 0) is 17.7 Å². The largest absolute Gasteiger partial charge is 0.380 e. The first-order valence-electron chi connectivity index (χ1n) is 9.25. The van der Waals surface area contributed by atoms with E-state index in [4.69, 9.17) is 9.72 Å². The highest BCUT2D eigenvalue weighted by molar-refractivity contribution is 5.60. The Balaban J connectivity index is 1.87. The number of benzene rings is 1. The van der Waals surface area contributed by atoms with Crippen molar-refractivity contribution in [3.05, 3.63) is 51.9 Å². The molecular weight excluding hydrogens is 314 g/mol. The molecule has 1 aromatic carbocycles. The Kier molecular flexibility index (Phi) is 6.36. The molecule has 0 unspecified atom stereocenters. The maximum Gasteiger partial charge on any atom is 0.251 e. The average Bonchev–Trinajstić information content (AvgIpc) is 2.89. The topological polar surface area (TPSA) is 58.2 Å². The number of H-pyrrole nitrogens is 1. The van der Waals surface area contributed by atoms with Gasteiger partial charge >= 0.3 is 0 Å². The third kappa shape index (κ3) is 5.00. The normalized spacial score (nSPS) is 15.9. The summed E-state index contributed by atoms with van der Waals surface area (Å²) < 4.78 is 5.54. The summed E-state index contributed by atoms with van der Waals surface area (Å²) in [4.78, 5) is 22.1. The Morgan fingerprint density at radius 3 is 3.00 bits per heavy atom. The predicted octanol–water partition coefficient (Wildman–Crippen LogP) is 3.00. The molecular formula is C20H27N3O2. The fourth-order valence-electron chi connectivity index (χ4n) is 3.21. The predicted molar refractivity (Wildman–Crippen MR) is 99.6 cm³/mol. The molecule has 0 aliphatic carbocycles. The number of aryl methyl sites for hydroxylation is 1. The first-order chi connectivity index (χ1) is 12.3. The Labute approximate surface area is 149 Å². The number of unbranched alkanes of at least 4 members (excludes halogenated alkanes) is 1. The van der Waals surface area contributed by atoms with Crippen LogP contribution < -0.4 is 5.56 Å². The van der Waals surface area contributed by atoms with Gasteiger partial charge < -0.3 is 9.72 Å². The van der Waals surface area contributed by atoms with E-state index in [0.717, 1.165) is 69.8 Å². The molecule has 134 valence electrons. The average molecular weight is 341 g/mol. The van der Waals surface area contributed by atoms with Gasteiger partial charge in [-0.2, -0.15) is 0 Å². The molecule has 1 aromatic heterocycles. The van der Waals surface area contributed by atoms with Crippen molar-refractivity contribution in [2.45, 2.75) is 39.2 Å². The van der Waals surface area contributed by atoms with Crippen molar-refractivity contribution in [1.82, 2.24) is 14.9 Å². The van der Waals surface area contributed by atoms with Crippen LogP contribution in [0.5, 0.6) is 0 Å². The van der Waals surface area contributed by atoms with Crippen LogP contribution in [0.4, 0.5) is 0 Å². The van der Waals surface area contributed by atoms with Crippen molar-refractivity contribution in [2.24, 2.45) is 0 Å². The van der Waals surface area contributed by atoms with Gasteiger partial charge in [0, 0.05) is 43.6 Å². The van der Waals surface area contributed by atoms with Gasteiger partial charge in [0.25, 0.3) is 5.56 Å². The van der Waals surface area contributed by atoms with Crippen LogP contribution in [-0.4, -0.2) is 41.2 Å². The van der Waals surface area contributed by atoms with Gasteiger partial charge in [-0.25, -0.2) is 4.98 Å². The number of ether oxygens (including phenoxy) is 1. The van der Waals surface area contributed by atoms with Gasteiger partial charge in [0.05, 0.1) is 6.61 Å². The summed E-state index contributed by atoms with van der Waals surface area (Å²) >= 11 is 0. The van der Waals surface area contributed by atoms with Crippen LogP contribution in [0.15, 0.2) is 35.1 Å². The SMILES string of the molecule is CCCCc1cc(=O)[nH]c(-c2ccccc2CN2CCCOCC2)n1. The lowest BCUT2D eigenvalue weighted by molar-refractivity contribution is 0.140. The molecule has 1 N–H and O–H groups in total. The lowest BCUT2D eigenvalue weighted by Gasteiger charge is -2.20. The van der Waals surface area contributed by atoms with Gasteiger partial charge in [-0.3, -0.25) is 9.69 Å². The molecule has 0 spiro atoms.